The van der Waals surface area contributed by atoms with Crippen molar-refractivity contribution in [3.05, 3.63) is 0 Å². The summed E-state index contributed by atoms with van der Waals surface area (Å²) in [6.07, 6.45) is 0.947. The predicted molar refractivity (Wildman–Crippen MR) is 72.7 cm³/mol. The maximum absolute atomic E-state index is 12.5. The molecule has 0 radical (unpaired) electrons. The van der Waals surface area contributed by atoms with Crippen molar-refractivity contribution in [2.75, 3.05) is 39.9 Å². The summed E-state index contributed by atoms with van der Waals surface area (Å²) in [7, 11) is 1.46. The van der Waals surface area contributed by atoms with E-state index in [2.05, 4.69) is 10.6 Å². The van der Waals surface area contributed by atoms with E-state index in [1.54, 1.807) is 0 Å². The van der Waals surface area contributed by atoms with Crippen LogP contribution in [0.4, 0.5) is 0 Å². The molecule has 2 N–H and O–H groups in total. The van der Waals surface area contributed by atoms with Crippen LogP contribution in [-0.4, -0.2) is 62.7 Å². The highest BCUT2D eigenvalue weighted by atomic mass is 16.5. The average Bonchev–Trinajstić information content (AvgIpc) is 2.64. The SMILES string of the molecule is COCC(=O)N[C@H](C(=O)N1CCCNCC1)C(C)C. The van der Waals surface area contributed by atoms with E-state index in [9.17, 15) is 9.59 Å². The van der Waals surface area contributed by atoms with Gasteiger partial charge in [-0.3, -0.25) is 9.59 Å². The molecule has 19 heavy (non-hydrogen) atoms. The van der Waals surface area contributed by atoms with E-state index in [4.69, 9.17) is 4.74 Å². The molecule has 0 aromatic heterocycles. The molecule has 6 nitrogen and oxygen atoms in total. The Morgan fingerprint density at radius 2 is 2.05 bits per heavy atom. The lowest BCUT2D eigenvalue weighted by molar-refractivity contribution is -0.138. The van der Waals surface area contributed by atoms with Gasteiger partial charge in [0.1, 0.15) is 12.6 Å². The number of hydrogen-bond donors (Lipinski definition) is 2. The molecule has 1 aliphatic heterocycles. The Hall–Kier alpha value is -1.14. The van der Waals surface area contributed by atoms with Crippen molar-refractivity contribution in [2.24, 2.45) is 5.92 Å². The fourth-order valence-corrected chi connectivity index (χ4v) is 2.12. The first-order valence-corrected chi connectivity index (χ1v) is 6.84. The van der Waals surface area contributed by atoms with Crippen molar-refractivity contribution in [1.29, 1.82) is 0 Å². The van der Waals surface area contributed by atoms with E-state index >= 15 is 0 Å². The maximum atomic E-state index is 12.5. The number of amides is 2. The van der Waals surface area contributed by atoms with Gasteiger partial charge in [-0.1, -0.05) is 13.8 Å². The summed E-state index contributed by atoms with van der Waals surface area (Å²) in [6, 6.07) is -0.472. The molecular weight excluding hydrogens is 246 g/mol. The van der Waals surface area contributed by atoms with E-state index in [0.717, 1.165) is 26.1 Å². The van der Waals surface area contributed by atoms with Gasteiger partial charge >= 0.3 is 0 Å². The third-order valence-corrected chi connectivity index (χ3v) is 3.18. The first-order chi connectivity index (χ1) is 9.06. The summed E-state index contributed by atoms with van der Waals surface area (Å²) in [6.45, 7) is 7.04. The van der Waals surface area contributed by atoms with Crippen molar-refractivity contribution in [2.45, 2.75) is 26.3 Å². The molecule has 0 saturated carbocycles. The summed E-state index contributed by atoms with van der Waals surface area (Å²) in [4.78, 5) is 25.9. The fraction of sp³-hybridized carbons (Fsp3) is 0.846. The highest BCUT2D eigenvalue weighted by Gasteiger charge is 2.28. The lowest BCUT2D eigenvalue weighted by Crippen LogP contribution is -2.52. The Bertz CT molecular complexity index is 300. The van der Waals surface area contributed by atoms with E-state index in [1.807, 2.05) is 18.7 Å². The minimum atomic E-state index is -0.472. The monoisotopic (exact) mass is 271 g/mol. The van der Waals surface area contributed by atoms with Gasteiger partial charge in [0.25, 0.3) is 0 Å². The normalized spacial score (nSPS) is 18.0. The molecule has 1 atom stereocenters. The van der Waals surface area contributed by atoms with Gasteiger partial charge in [0.2, 0.25) is 11.8 Å². The molecule has 2 amide bonds. The van der Waals surface area contributed by atoms with Gasteiger partial charge in [-0.05, 0) is 18.9 Å². The second kappa shape index (κ2) is 8.12. The van der Waals surface area contributed by atoms with Crippen molar-refractivity contribution in [3.8, 4) is 0 Å². The number of nitrogens with one attached hydrogen (secondary N) is 2. The Morgan fingerprint density at radius 3 is 2.68 bits per heavy atom. The quantitative estimate of drug-likeness (QED) is 0.713. The number of carbonyl (C=O) groups excluding carboxylic acids is 2. The largest absolute Gasteiger partial charge is 0.375 e. The number of ether oxygens (including phenoxy) is 1. The Labute approximate surface area is 114 Å². The number of methoxy groups -OCH3 is 1. The summed E-state index contributed by atoms with van der Waals surface area (Å²) in [5.41, 5.74) is 0. The standard InChI is InChI=1S/C13H25N3O3/c1-10(2)12(15-11(17)9-19-3)13(18)16-7-4-5-14-6-8-16/h10,12,14H,4-9H2,1-3H3,(H,15,17)/t12-/m0/s1. The number of carbonyl (C=O) groups is 2. The van der Waals surface area contributed by atoms with Crippen LogP contribution in [0.15, 0.2) is 0 Å². The van der Waals surface area contributed by atoms with Gasteiger partial charge in [-0.15, -0.1) is 0 Å². The zero-order valence-electron chi connectivity index (χ0n) is 12.1. The van der Waals surface area contributed by atoms with Gasteiger partial charge in [0.15, 0.2) is 0 Å². The van der Waals surface area contributed by atoms with Gasteiger partial charge in [-0.25, -0.2) is 0 Å². The summed E-state index contributed by atoms with van der Waals surface area (Å²) in [5.74, 6) is -0.185. The molecular formula is C13H25N3O3. The zero-order valence-corrected chi connectivity index (χ0v) is 12.1. The lowest BCUT2D eigenvalue weighted by Gasteiger charge is -2.28. The first-order valence-electron chi connectivity index (χ1n) is 6.84. The minimum absolute atomic E-state index is 0.00292. The van der Waals surface area contributed by atoms with E-state index < -0.39 is 6.04 Å². The molecule has 1 saturated heterocycles. The van der Waals surface area contributed by atoms with E-state index in [1.165, 1.54) is 7.11 Å². The molecule has 0 spiro atoms. The number of hydrogen-bond acceptors (Lipinski definition) is 4. The second-order valence-corrected chi connectivity index (χ2v) is 5.15. The van der Waals surface area contributed by atoms with Crippen LogP contribution in [0.25, 0.3) is 0 Å². The molecule has 110 valence electrons. The van der Waals surface area contributed by atoms with E-state index in [-0.39, 0.29) is 24.3 Å². The zero-order chi connectivity index (χ0) is 14.3. The van der Waals surface area contributed by atoms with Crippen LogP contribution in [0, 0.1) is 5.92 Å². The lowest BCUT2D eigenvalue weighted by atomic mass is 10.0. The van der Waals surface area contributed by atoms with Crippen LogP contribution in [0.2, 0.25) is 0 Å². The third-order valence-electron chi connectivity index (χ3n) is 3.18. The smallest absolute Gasteiger partial charge is 0.246 e. The van der Waals surface area contributed by atoms with Crippen molar-refractivity contribution in [3.63, 3.8) is 0 Å². The van der Waals surface area contributed by atoms with Crippen molar-refractivity contribution < 1.29 is 14.3 Å². The molecule has 0 aromatic carbocycles. The first kappa shape index (κ1) is 15.9. The summed E-state index contributed by atoms with van der Waals surface area (Å²) in [5, 5.41) is 6.02. The van der Waals surface area contributed by atoms with Gasteiger partial charge < -0.3 is 20.3 Å². The molecule has 1 rings (SSSR count). The number of nitrogens with zero attached hydrogens (tertiary/aromatic N) is 1. The van der Waals surface area contributed by atoms with Gasteiger partial charge in [0, 0.05) is 26.7 Å². The molecule has 1 fully saturated rings. The van der Waals surface area contributed by atoms with Crippen LogP contribution >= 0.6 is 0 Å². The molecule has 1 heterocycles. The van der Waals surface area contributed by atoms with Crippen LogP contribution in [0.5, 0.6) is 0 Å². The van der Waals surface area contributed by atoms with Gasteiger partial charge in [-0.2, -0.15) is 0 Å². The predicted octanol–water partition coefficient (Wildman–Crippen LogP) is -0.404. The Balaban J connectivity index is 2.63. The third kappa shape index (κ3) is 5.16. The molecule has 0 bridgehead atoms. The Morgan fingerprint density at radius 1 is 1.32 bits per heavy atom. The van der Waals surface area contributed by atoms with Crippen LogP contribution < -0.4 is 10.6 Å². The second-order valence-electron chi connectivity index (χ2n) is 5.15. The number of rotatable bonds is 5. The average molecular weight is 271 g/mol. The highest BCUT2D eigenvalue weighted by Crippen LogP contribution is 2.08. The van der Waals surface area contributed by atoms with Crippen LogP contribution in [-0.2, 0) is 14.3 Å². The summed E-state index contributed by atoms with van der Waals surface area (Å²) >= 11 is 0. The Kier molecular flexibility index (Phi) is 6.80. The highest BCUT2D eigenvalue weighted by molar-refractivity contribution is 5.88. The van der Waals surface area contributed by atoms with Gasteiger partial charge in [0.05, 0.1) is 0 Å². The molecule has 0 unspecified atom stereocenters. The van der Waals surface area contributed by atoms with E-state index in [0.29, 0.717) is 6.54 Å². The molecule has 6 heteroatoms. The minimum Gasteiger partial charge on any atom is -0.375 e. The maximum Gasteiger partial charge on any atom is 0.246 e. The van der Waals surface area contributed by atoms with Crippen LogP contribution in [0.1, 0.15) is 20.3 Å². The fourth-order valence-electron chi connectivity index (χ4n) is 2.12. The topological polar surface area (TPSA) is 70.7 Å². The summed E-state index contributed by atoms with van der Waals surface area (Å²) < 4.78 is 4.78. The van der Waals surface area contributed by atoms with Crippen molar-refractivity contribution in [1.82, 2.24) is 15.5 Å². The van der Waals surface area contributed by atoms with Crippen LogP contribution in [0.3, 0.4) is 0 Å². The molecule has 0 aromatic rings. The van der Waals surface area contributed by atoms with Crippen molar-refractivity contribution >= 4 is 11.8 Å². The molecule has 1 aliphatic rings. The molecule has 0 aliphatic carbocycles.